The van der Waals surface area contributed by atoms with Crippen molar-refractivity contribution in [3.63, 3.8) is 0 Å². The van der Waals surface area contributed by atoms with Crippen LogP contribution in [0.3, 0.4) is 0 Å². The van der Waals surface area contributed by atoms with Crippen molar-refractivity contribution in [3.05, 3.63) is 70.6 Å². The van der Waals surface area contributed by atoms with Gasteiger partial charge in [-0.15, -0.1) is 5.10 Å². The number of H-pyrrole nitrogens is 1. The summed E-state index contributed by atoms with van der Waals surface area (Å²) < 4.78 is 22.8. The van der Waals surface area contributed by atoms with Gasteiger partial charge in [-0.1, -0.05) is 15.9 Å². The van der Waals surface area contributed by atoms with Gasteiger partial charge >= 0.3 is 0 Å². The Kier molecular flexibility index (Phi) is 6.41. The first kappa shape index (κ1) is 21.4. The number of halogens is 1. The van der Waals surface area contributed by atoms with E-state index in [1.807, 2.05) is 24.3 Å². The molecule has 0 aliphatic carbocycles. The van der Waals surface area contributed by atoms with Crippen LogP contribution in [0.4, 0.5) is 5.95 Å². The van der Waals surface area contributed by atoms with E-state index in [2.05, 4.69) is 36.4 Å². The number of hydrogen-bond acceptors (Lipinski definition) is 7. The Bertz CT molecular complexity index is 1220. The fraction of sp³-hybridized carbons (Fsp3) is 0.136. The number of benzene rings is 2. The van der Waals surface area contributed by atoms with Crippen molar-refractivity contribution in [3.8, 4) is 28.6 Å². The molecular formula is C22H19BrN4O5. The lowest BCUT2D eigenvalue weighted by atomic mass is 10.2. The zero-order valence-corrected chi connectivity index (χ0v) is 18.8. The molecule has 164 valence electrons. The highest BCUT2D eigenvalue weighted by molar-refractivity contribution is 9.10. The van der Waals surface area contributed by atoms with Crippen LogP contribution in [0, 0.1) is 0 Å². The van der Waals surface area contributed by atoms with Gasteiger partial charge < -0.3 is 18.6 Å². The molecule has 0 spiro atoms. The third-order valence-corrected chi connectivity index (χ3v) is 4.98. The minimum atomic E-state index is -0.480. The molecule has 0 bridgehead atoms. The van der Waals surface area contributed by atoms with Gasteiger partial charge in [-0.05, 0) is 48.5 Å². The van der Waals surface area contributed by atoms with Crippen LogP contribution in [0.25, 0.3) is 11.4 Å². The maximum absolute atomic E-state index is 12.5. The van der Waals surface area contributed by atoms with E-state index >= 15 is 0 Å². The zero-order chi connectivity index (χ0) is 22.5. The topological polar surface area (TPSA) is 112 Å². The lowest BCUT2D eigenvalue weighted by molar-refractivity contribution is 0.0992. The van der Waals surface area contributed by atoms with E-state index in [9.17, 15) is 4.79 Å². The molecule has 0 saturated carbocycles. The van der Waals surface area contributed by atoms with E-state index in [4.69, 9.17) is 18.6 Å². The Labute approximate surface area is 191 Å². The number of hydrogen-bond donors (Lipinski definition) is 2. The molecule has 0 aliphatic heterocycles. The monoisotopic (exact) mass is 498 g/mol. The number of furan rings is 1. The standard InChI is InChI=1S/C22H19BrN4O5/c1-29-15-7-9-17(19(11-15)30-2)20-24-22(27-26-20)25-21(28)18-10-8-16(32-18)12-31-14-5-3-13(23)4-6-14/h3-11H,12H2,1-2H3,(H2,24,25,26,27,28). The smallest absolute Gasteiger partial charge is 0.293 e. The van der Waals surface area contributed by atoms with Gasteiger partial charge in [0, 0.05) is 10.5 Å². The number of nitrogens with one attached hydrogen (secondary N) is 2. The average molecular weight is 499 g/mol. The van der Waals surface area contributed by atoms with Crippen molar-refractivity contribution in [2.45, 2.75) is 6.61 Å². The summed E-state index contributed by atoms with van der Waals surface area (Å²) >= 11 is 3.37. The van der Waals surface area contributed by atoms with Crippen LogP contribution in [-0.2, 0) is 6.61 Å². The largest absolute Gasteiger partial charge is 0.497 e. The molecule has 4 aromatic rings. The summed E-state index contributed by atoms with van der Waals surface area (Å²) in [6.45, 7) is 0.191. The Hall–Kier alpha value is -3.79. The maximum atomic E-state index is 12.5. The second kappa shape index (κ2) is 9.56. The average Bonchev–Trinajstić information content (AvgIpc) is 3.48. The number of carbonyl (C=O) groups is 1. The lowest BCUT2D eigenvalue weighted by Crippen LogP contribution is -2.12. The summed E-state index contributed by atoms with van der Waals surface area (Å²) in [4.78, 5) is 16.8. The number of ether oxygens (including phenoxy) is 3. The highest BCUT2D eigenvalue weighted by atomic mass is 79.9. The molecule has 2 aromatic heterocycles. The highest BCUT2D eigenvalue weighted by Crippen LogP contribution is 2.31. The van der Waals surface area contributed by atoms with E-state index in [1.54, 1.807) is 44.6 Å². The van der Waals surface area contributed by atoms with Crippen molar-refractivity contribution in [2.24, 2.45) is 0 Å². The van der Waals surface area contributed by atoms with Gasteiger partial charge in [0.05, 0.1) is 19.8 Å². The van der Waals surface area contributed by atoms with Gasteiger partial charge in [-0.2, -0.15) is 4.98 Å². The molecule has 4 rings (SSSR count). The summed E-state index contributed by atoms with van der Waals surface area (Å²) in [7, 11) is 3.12. The van der Waals surface area contributed by atoms with Crippen LogP contribution in [0.5, 0.6) is 17.2 Å². The third kappa shape index (κ3) is 4.92. The highest BCUT2D eigenvalue weighted by Gasteiger charge is 2.16. The molecule has 32 heavy (non-hydrogen) atoms. The predicted octanol–water partition coefficient (Wildman–Crippen LogP) is 4.68. The van der Waals surface area contributed by atoms with Gasteiger partial charge in [-0.3, -0.25) is 15.2 Å². The van der Waals surface area contributed by atoms with E-state index in [-0.39, 0.29) is 18.3 Å². The summed E-state index contributed by atoms with van der Waals surface area (Å²) in [5, 5.41) is 9.43. The quantitative estimate of drug-likeness (QED) is 0.362. The summed E-state index contributed by atoms with van der Waals surface area (Å²) in [6, 6.07) is 16.0. The molecule has 0 saturated heterocycles. The molecule has 0 fully saturated rings. The molecule has 10 heteroatoms. The lowest BCUT2D eigenvalue weighted by Gasteiger charge is -2.07. The van der Waals surface area contributed by atoms with Crippen LogP contribution >= 0.6 is 15.9 Å². The summed E-state index contributed by atoms with van der Waals surface area (Å²) in [5.41, 5.74) is 0.673. The van der Waals surface area contributed by atoms with Crippen LogP contribution in [0.15, 0.2) is 63.5 Å². The van der Waals surface area contributed by atoms with E-state index in [0.29, 0.717) is 34.4 Å². The van der Waals surface area contributed by atoms with Gasteiger partial charge in [0.1, 0.15) is 29.6 Å². The number of aromatic amines is 1. The molecule has 0 aliphatic rings. The van der Waals surface area contributed by atoms with E-state index in [1.165, 1.54) is 0 Å². The Balaban J connectivity index is 1.40. The van der Waals surface area contributed by atoms with E-state index in [0.717, 1.165) is 4.47 Å². The molecule has 9 nitrogen and oxygen atoms in total. The minimum absolute atomic E-state index is 0.104. The Morgan fingerprint density at radius 2 is 1.84 bits per heavy atom. The SMILES string of the molecule is COc1ccc(-c2nc(NC(=O)c3ccc(COc4ccc(Br)cc4)o3)n[nH]2)c(OC)c1. The molecule has 0 atom stereocenters. The first-order chi connectivity index (χ1) is 15.6. The number of carbonyl (C=O) groups excluding carboxylic acids is 1. The van der Waals surface area contributed by atoms with Crippen molar-refractivity contribution in [1.82, 2.24) is 15.2 Å². The Morgan fingerprint density at radius 3 is 2.59 bits per heavy atom. The van der Waals surface area contributed by atoms with Gasteiger partial charge in [0.2, 0.25) is 5.95 Å². The van der Waals surface area contributed by atoms with Crippen molar-refractivity contribution in [2.75, 3.05) is 19.5 Å². The molecule has 2 aromatic carbocycles. The first-order valence-electron chi connectivity index (χ1n) is 9.49. The van der Waals surface area contributed by atoms with Gasteiger partial charge in [-0.25, -0.2) is 0 Å². The maximum Gasteiger partial charge on any atom is 0.293 e. The number of anilines is 1. The first-order valence-corrected chi connectivity index (χ1v) is 10.3. The van der Waals surface area contributed by atoms with Crippen molar-refractivity contribution >= 4 is 27.8 Å². The predicted molar refractivity (Wildman–Crippen MR) is 120 cm³/mol. The van der Waals surface area contributed by atoms with E-state index < -0.39 is 5.91 Å². The van der Waals surface area contributed by atoms with Crippen molar-refractivity contribution in [1.29, 1.82) is 0 Å². The molecule has 2 N–H and O–H groups in total. The van der Waals surface area contributed by atoms with Crippen LogP contribution in [0.2, 0.25) is 0 Å². The molecule has 1 amide bonds. The molecule has 2 heterocycles. The number of rotatable bonds is 8. The summed E-state index contributed by atoms with van der Waals surface area (Å²) in [6.07, 6.45) is 0. The van der Waals surface area contributed by atoms with Crippen LogP contribution in [-0.4, -0.2) is 35.3 Å². The molecule has 0 radical (unpaired) electrons. The zero-order valence-electron chi connectivity index (χ0n) is 17.2. The normalized spacial score (nSPS) is 10.6. The number of amides is 1. The van der Waals surface area contributed by atoms with Gasteiger partial charge in [0.25, 0.3) is 5.91 Å². The fourth-order valence-electron chi connectivity index (χ4n) is 2.86. The number of nitrogens with zero attached hydrogens (tertiary/aromatic N) is 2. The number of aromatic nitrogens is 3. The second-order valence-corrected chi connectivity index (χ2v) is 7.45. The van der Waals surface area contributed by atoms with Crippen molar-refractivity contribution < 1.29 is 23.4 Å². The molecular weight excluding hydrogens is 480 g/mol. The Morgan fingerprint density at radius 1 is 1.06 bits per heavy atom. The molecule has 0 unspecified atom stereocenters. The fourth-order valence-corrected chi connectivity index (χ4v) is 3.12. The summed E-state index contributed by atoms with van der Waals surface area (Å²) in [5.74, 6) is 2.58. The van der Waals surface area contributed by atoms with Gasteiger partial charge in [0.15, 0.2) is 11.6 Å². The van der Waals surface area contributed by atoms with Crippen LogP contribution in [0.1, 0.15) is 16.3 Å². The third-order valence-electron chi connectivity index (χ3n) is 4.45. The van der Waals surface area contributed by atoms with Crippen LogP contribution < -0.4 is 19.5 Å². The minimum Gasteiger partial charge on any atom is -0.497 e. The second-order valence-electron chi connectivity index (χ2n) is 6.54. The number of methoxy groups -OCH3 is 2.